The molecule has 8 heteroatoms. The molecule has 7 aliphatic carbocycles. The molecule has 0 aromatic carbocycles. The van der Waals surface area contributed by atoms with Crippen molar-refractivity contribution in [2.24, 2.45) is 71.0 Å². The Labute approximate surface area is 235 Å². The third-order valence-corrected chi connectivity index (χ3v) is 14.0. The number of fused-ring (bicyclic) bond motifs is 5. The minimum Gasteiger partial charge on any atom is -0.462 e. The van der Waals surface area contributed by atoms with Crippen molar-refractivity contribution in [1.29, 1.82) is 0 Å². The summed E-state index contributed by atoms with van der Waals surface area (Å²) in [6, 6.07) is 0. The first-order valence-corrected chi connectivity index (χ1v) is 16.6. The lowest BCUT2D eigenvalue weighted by molar-refractivity contribution is -0.214. The van der Waals surface area contributed by atoms with Gasteiger partial charge in [-0.05, 0) is 74.0 Å². The van der Waals surface area contributed by atoms with Gasteiger partial charge in [0.15, 0.2) is 11.6 Å². The van der Waals surface area contributed by atoms with Crippen molar-refractivity contribution in [2.45, 2.75) is 88.0 Å². The summed E-state index contributed by atoms with van der Waals surface area (Å²) in [5.74, 6) is 3.87. The summed E-state index contributed by atoms with van der Waals surface area (Å²) >= 11 is 0. The van der Waals surface area contributed by atoms with E-state index in [-0.39, 0.29) is 36.0 Å². The van der Waals surface area contributed by atoms with Gasteiger partial charge in [-0.3, -0.25) is 9.59 Å². The maximum atomic E-state index is 13.0. The summed E-state index contributed by atoms with van der Waals surface area (Å²) in [4.78, 5) is 26.0. The number of esters is 2. The minimum atomic E-state index is -0.508. The molecule has 10 rings (SSSR count). The van der Waals surface area contributed by atoms with Crippen LogP contribution in [0.1, 0.15) is 64.2 Å². The summed E-state index contributed by atoms with van der Waals surface area (Å²) in [6.45, 7) is 2.66. The molecule has 14 atom stereocenters. The van der Waals surface area contributed by atoms with Crippen LogP contribution in [0, 0.1) is 71.0 Å². The molecule has 3 aliphatic heterocycles. The molecule has 0 amide bonds. The summed E-state index contributed by atoms with van der Waals surface area (Å²) in [5, 5.41) is 0. The number of carbonyl (C=O) groups excluding carboxylic acids is 2. The zero-order chi connectivity index (χ0) is 26.4. The Bertz CT molecular complexity index is 1020. The van der Waals surface area contributed by atoms with Gasteiger partial charge in [0.1, 0.15) is 12.2 Å². The van der Waals surface area contributed by atoms with Gasteiger partial charge in [-0.2, -0.15) is 0 Å². The quantitative estimate of drug-likeness (QED) is 0.419. The summed E-state index contributed by atoms with van der Waals surface area (Å²) in [7, 11) is 0. The van der Waals surface area contributed by atoms with Crippen LogP contribution >= 0.6 is 0 Å². The van der Waals surface area contributed by atoms with Crippen LogP contribution in [0.3, 0.4) is 0 Å². The standard InChI is InChI=1S/C32H42O8/c33-19-5-3-1-2-4-6-20(34)40-18-10-8-16-22(18)30-26-24(28(16)32(30)37-13-14-38-32)23-25(26)29-21-15(7-9-17(21)39-19)27(23)31(29)35-11-12-36-31/h15-18,21-30H,1-14H2/t15-,16+,17+,18-,21-,22+,23?,24?,25?,26?,27+,28-,29-,30+. The normalized spacial score (nSPS) is 56.1. The van der Waals surface area contributed by atoms with Crippen molar-refractivity contribution in [1.82, 2.24) is 0 Å². The third-order valence-electron chi connectivity index (χ3n) is 14.0. The van der Waals surface area contributed by atoms with E-state index >= 15 is 0 Å². The summed E-state index contributed by atoms with van der Waals surface area (Å²) in [5.41, 5.74) is 0. The van der Waals surface area contributed by atoms with Crippen LogP contribution in [-0.2, 0) is 38.0 Å². The minimum absolute atomic E-state index is 0.0180. The van der Waals surface area contributed by atoms with Gasteiger partial charge in [0.25, 0.3) is 0 Å². The first kappa shape index (κ1) is 24.2. The number of rotatable bonds is 0. The number of ether oxygens (including phenoxy) is 6. The van der Waals surface area contributed by atoms with Crippen LogP contribution in [0.25, 0.3) is 0 Å². The van der Waals surface area contributed by atoms with Crippen LogP contribution in [-0.4, -0.2) is 62.1 Å². The topological polar surface area (TPSA) is 89.5 Å². The SMILES string of the molecule is O=C1CCCCCCC(=O)O[C@@H]2CC[C@H]3[C@@H]2[C@H]2C4C(C5C4[C@H]4[C@@H]6[C@@H](CC[C@@H]6O1)[C@@H]5C41OCCO1)[C@@H]3C21OCCO1. The molecule has 3 saturated heterocycles. The molecular weight excluding hydrogens is 512 g/mol. The number of carbonyl (C=O) groups is 2. The lowest BCUT2D eigenvalue weighted by Gasteiger charge is -2.60. The van der Waals surface area contributed by atoms with Crippen LogP contribution in [0.5, 0.6) is 0 Å². The van der Waals surface area contributed by atoms with Crippen LogP contribution in [0.2, 0.25) is 0 Å². The molecule has 0 aromatic heterocycles. The van der Waals surface area contributed by atoms with Gasteiger partial charge in [0.05, 0.1) is 26.4 Å². The van der Waals surface area contributed by atoms with E-state index in [1.165, 1.54) is 0 Å². The Morgan fingerprint density at radius 3 is 1.30 bits per heavy atom. The Kier molecular flexibility index (Phi) is 4.99. The van der Waals surface area contributed by atoms with Crippen molar-refractivity contribution < 1.29 is 38.0 Å². The number of hydrogen-bond acceptors (Lipinski definition) is 8. The van der Waals surface area contributed by atoms with Gasteiger partial charge in [-0.15, -0.1) is 0 Å². The van der Waals surface area contributed by atoms with E-state index in [4.69, 9.17) is 28.4 Å². The first-order valence-electron chi connectivity index (χ1n) is 16.6. The highest BCUT2D eigenvalue weighted by Gasteiger charge is 2.90. The molecule has 0 N–H and O–H groups in total. The molecule has 0 radical (unpaired) electrons. The lowest BCUT2D eigenvalue weighted by atomic mass is 9.43. The summed E-state index contributed by atoms with van der Waals surface area (Å²) < 4.78 is 39.4. The molecule has 2 spiro atoms. The maximum Gasteiger partial charge on any atom is 0.306 e. The molecule has 218 valence electrons. The Balaban J connectivity index is 1.07. The highest BCUT2D eigenvalue weighted by molar-refractivity contribution is 5.70. The predicted molar refractivity (Wildman–Crippen MR) is 137 cm³/mol. The van der Waals surface area contributed by atoms with Gasteiger partial charge < -0.3 is 28.4 Å². The zero-order valence-corrected chi connectivity index (χ0v) is 23.2. The van der Waals surface area contributed by atoms with Crippen molar-refractivity contribution >= 4 is 11.9 Å². The molecule has 8 nitrogen and oxygen atoms in total. The van der Waals surface area contributed by atoms with Gasteiger partial charge in [0, 0.05) is 48.3 Å². The Morgan fingerprint density at radius 2 is 0.875 bits per heavy atom. The molecule has 40 heavy (non-hydrogen) atoms. The van der Waals surface area contributed by atoms with Gasteiger partial charge in [0.2, 0.25) is 0 Å². The predicted octanol–water partition coefficient (Wildman–Crippen LogP) is 3.70. The molecule has 7 saturated carbocycles. The van der Waals surface area contributed by atoms with Crippen molar-refractivity contribution in [3.8, 4) is 0 Å². The van der Waals surface area contributed by atoms with Gasteiger partial charge in [-0.1, -0.05) is 12.8 Å². The van der Waals surface area contributed by atoms with Gasteiger partial charge in [-0.25, -0.2) is 0 Å². The van der Waals surface area contributed by atoms with Crippen LogP contribution < -0.4 is 0 Å². The Hall–Kier alpha value is -1.22. The van der Waals surface area contributed by atoms with Crippen LogP contribution in [0.4, 0.5) is 0 Å². The summed E-state index contributed by atoms with van der Waals surface area (Å²) in [6.07, 6.45) is 8.59. The van der Waals surface area contributed by atoms with Crippen molar-refractivity contribution in [3.05, 3.63) is 0 Å². The van der Waals surface area contributed by atoms with E-state index in [9.17, 15) is 9.59 Å². The third kappa shape index (κ3) is 2.71. The monoisotopic (exact) mass is 554 g/mol. The molecule has 4 bridgehead atoms. The number of hydrogen-bond donors (Lipinski definition) is 0. The smallest absolute Gasteiger partial charge is 0.306 e. The van der Waals surface area contributed by atoms with Gasteiger partial charge >= 0.3 is 11.9 Å². The fourth-order valence-electron chi connectivity index (χ4n) is 13.7. The molecule has 10 aliphatic rings. The molecule has 4 unspecified atom stereocenters. The highest BCUT2D eigenvalue weighted by atomic mass is 16.7. The lowest BCUT2D eigenvalue weighted by Crippen LogP contribution is -2.59. The molecule has 3 heterocycles. The van der Waals surface area contributed by atoms with E-state index in [2.05, 4.69) is 0 Å². The van der Waals surface area contributed by atoms with Crippen molar-refractivity contribution in [3.63, 3.8) is 0 Å². The molecule has 10 fully saturated rings. The van der Waals surface area contributed by atoms with E-state index in [0.29, 0.717) is 98.4 Å². The Morgan fingerprint density at radius 1 is 0.475 bits per heavy atom. The fraction of sp³-hybridized carbons (Fsp3) is 0.938. The maximum absolute atomic E-state index is 13.0. The zero-order valence-electron chi connectivity index (χ0n) is 23.2. The second-order valence-corrected chi connectivity index (χ2v) is 14.9. The average molecular weight is 555 g/mol. The molecule has 0 aromatic rings. The second-order valence-electron chi connectivity index (χ2n) is 14.9. The van der Waals surface area contributed by atoms with E-state index < -0.39 is 11.6 Å². The van der Waals surface area contributed by atoms with E-state index in [0.717, 1.165) is 51.4 Å². The van der Waals surface area contributed by atoms with E-state index in [1.807, 2.05) is 0 Å². The largest absolute Gasteiger partial charge is 0.462 e. The second kappa shape index (κ2) is 8.23. The van der Waals surface area contributed by atoms with E-state index in [1.54, 1.807) is 0 Å². The first-order chi connectivity index (χ1) is 19.6. The van der Waals surface area contributed by atoms with Crippen molar-refractivity contribution in [2.75, 3.05) is 26.4 Å². The molecular formula is C32H42O8. The fourth-order valence-corrected chi connectivity index (χ4v) is 13.7. The van der Waals surface area contributed by atoms with Crippen LogP contribution in [0.15, 0.2) is 0 Å². The average Bonchev–Trinajstić information content (AvgIpc) is 3.79. The highest BCUT2D eigenvalue weighted by Crippen LogP contribution is 2.86.